The van der Waals surface area contributed by atoms with Crippen LogP contribution in [-0.2, 0) is 13.5 Å². The van der Waals surface area contributed by atoms with Crippen LogP contribution in [0.5, 0.6) is 5.88 Å². The average molecular weight is 446 g/mol. The first-order chi connectivity index (χ1) is 15.7. The van der Waals surface area contributed by atoms with Crippen molar-refractivity contribution in [2.24, 2.45) is 13.0 Å². The molecule has 1 aromatic carbocycles. The van der Waals surface area contributed by atoms with Crippen molar-refractivity contribution in [3.8, 4) is 23.2 Å². The Morgan fingerprint density at radius 2 is 2.12 bits per heavy atom. The van der Waals surface area contributed by atoms with Crippen LogP contribution >= 0.6 is 0 Å². The normalized spacial score (nSPS) is 17.9. The molecule has 1 unspecified atom stereocenters. The molecule has 9 heteroatoms. The predicted molar refractivity (Wildman–Crippen MR) is 124 cm³/mol. The minimum Gasteiger partial charge on any atom is -0.467 e. The molecule has 0 fully saturated rings. The molecule has 1 aliphatic heterocycles. The van der Waals surface area contributed by atoms with Crippen LogP contribution in [0, 0.1) is 24.2 Å². The molecule has 2 N–H and O–H groups in total. The molecule has 0 saturated carbocycles. The molecule has 1 aliphatic rings. The third-order valence-corrected chi connectivity index (χ3v) is 5.84. The Labute approximate surface area is 192 Å². The van der Waals surface area contributed by atoms with E-state index in [2.05, 4.69) is 21.1 Å². The fourth-order valence-corrected chi connectivity index (χ4v) is 4.32. The smallest absolute Gasteiger partial charge is 0.258 e. The molecule has 0 radical (unpaired) electrons. The number of nitriles is 1. The highest BCUT2D eigenvalue weighted by atomic mass is 16.5. The van der Waals surface area contributed by atoms with E-state index in [-0.39, 0.29) is 23.4 Å². The number of ketones is 1. The number of hydrogen-bond acceptors (Lipinski definition) is 8. The van der Waals surface area contributed by atoms with Gasteiger partial charge in [0.15, 0.2) is 11.6 Å². The van der Waals surface area contributed by atoms with Crippen LogP contribution in [0.2, 0.25) is 0 Å². The summed E-state index contributed by atoms with van der Waals surface area (Å²) in [7, 11) is 5.57. The van der Waals surface area contributed by atoms with Gasteiger partial charge in [0.2, 0.25) is 0 Å². The number of nitrogens with two attached hydrogens (primary N) is 1. The number of rotatable bonds is 2. The molecule has 170 valence electrons. The molecule has 3 aromatic rings. The lowest BCUT2D eigenvalue weighted by Crippen LogP contribution is -2.31. The van der Waals surface area contributed by atoms with Crippen molar-refractivity contribution in [1.82, 2.24) is 24.6 Å². The van der Waals surface area contributed by atoms with Crippen LogP contribution in [0.1, 0.15) is 45.9 Å². The number of aromatic nitrogens is 4. The highest BCUT2D eigenvalue weighted by Gasteiger charge is 2.31. The van der Waals surface area contributed by atoms with Crippen molar-refractivity contribution in [3.05, 3.63) is 52.5 Å². The van der Waals surface area contributed by atoms with E-state index in [0.717, 1.165) is 11.1 Å². The summed E-state index contributed by atoms with van der Waals surface area (Å²) in [6, 6.07) is 7.95. The maximum absolute atomic E-state index is 13.9. The van der Waals surface area contributed by atoms with E-state index in [1.54, 1.807) is 7.05 Å². The molecule has 0 spiro atoms. The topological polar surface area (TPSA) is 123 Å². The molecule has 2 atom stereocenters. The van der Waals surface area contributed by atoms with Gasteiger partial charge in [0.05, 0.1) is 23.1 Å². The zero-order valence-corrected chi connectivity index (χ0v) is 19.5. The van der Waals surface area contributed by atoms with Crippen molar-refractivity contribution < 1.29 is 9.53 Å². The van der Waals surface area contributed by atoms with Crippen LogP contribution in [0.3, 0.4) is 0 Å². The summed E-state index contributed by atoms with van der Waals surface area (Å²) in [6.07, 6.45) is 1.38. The summed E-state index contributed by atoms with van der Waals surface area (Å²) in [6.45, 7) is 4.36. The van der Waals surface area contributed by atoms with E-state index in [1.165, 1.54) is 10.9 Å². The van der Waals surface area contributed by atoms with E-state index in [0.29, 0.717) is 41.2 Å². The standard InChI is InChI=1S/C24H27N7O2/c1-13-6-7-16-17(8-13)14(2)33-24-23(26)27-11-19(28-24)21-18(29-31(5)20(21)10-25)9-15(22(16)32)12-30(3)4/h6-8,11,14-15H,9,12H2,1-5H3,(H2,26,27)/t14-,15?/m1/s1. The lowest BCUT2D eigenvalue weighted by atomic mass is 9.87. The SMILES string of the molecule is Cc1ccc2c(c1)[C@@H](C)Oc1nc(cnc1N)-c1c(nn(C)c1C#N)CC(CN(C)C)C2=O. The van der Waals surface area contributed by atoms with Gasteiger partial charge in [-0.2, -0.15) is 10.4 Å². The van der Waals surface area contributed by atoms with E-state index in [9.17, 15) is 10.1 Å². The number of carbonyl (C=O) groups excluding carboxylic acids is 1. The van der Waals surface area contributed by atoms with E-state index < -0.39 is 6.10 Å². The van der Waals surface area contributed by atoms with Crippen molar-refractivity contribution in [3.63, 3.8) is 0 Å². The highest BCUT2D eigenvalue weighted by Crippen LogP contribution is 2.34. The van der Waals surface area contributed by atoms with Crippen LogP contribution in [0.25, 0.3) is 11.3 Å². The third kappa shape index (κ3) is 4.17. The number of carbonyl (C=O) groups is 1. The zero-order chi connectivity index (χ0) is 23.9. The first kappa shape index (κ1) is 22.4. The molecular formula is C24H27N7O2. The van der Waals surface area contributed by atoms with Crippen molar-refractivity contribution >= 4 is 11.6 Å². The number of anilines is 1. The second-order valence-electron chi connectivity index (χ2n) is 8.73. The number of hydrogen-bond donors (Lipinski definition) is 1. The third-order valence-electron chi connectivity index (χ3n) is 5.84. The fraction of sp³-hybridized carbons (Fsp3) is 0.375. The number of aryl methyl sites for hydroxylation is 2. The van der Waals surface area contributed by atoms with Gasteiger partial charge < -0.3 is 15.4 Å². The molecule has 0 aliphatic carbocycles. The van der Waals surface area contributed by atoms with Gasteiger partial charge in [0.25, 0.3) is 5.88 Å². The molecular weight excluding hydrogens is 418 g/mol. The van der Waals surface area contributed by atoms with Crippen molar-refractivity contribution in [2.75, 3.05) is 26.4 Å². The predicted octanol–water partition coefficient (Wildman–Crippen LogP) is 2.70. The van der Waals surface area contributed by atoms with Gasteiger partial charge in [-0.1, -0.05) is 23.8 Å². The summed E-state index contributed by atoms with van der Waals surface area (Å²) in [5.41, 5.74) is 10.4. The molecule has 0 amide bonds. The Hall–Kier alpha value is -3.77. The Balaban J connectivity index is 1.99. The van der Waals surface area contributed by atoms with E-state index in [4.69, 9.17) is 10.5 Å². The molecule has 2 aromatic heterocycles. The molecule has 4 rings (SSSR count). The summed E-state index contributed by atoms with van der Waals surface area (Å²) < 4.78 is 7.64. The number of ether oxygens (including phenoxy) is 1. The van der Waals surface area contributed by atoms with Crippen molar-refractivity contribution in [1.29, 1.82) is 5.26 Å². The molecule has 9 nitrogen and oxygen atoms in total. The van der Waals surface area contributed by atoms with Crippen LogP contribution < -0.4 is 10.5 Å². The van der Waals surface area contributed by atoms with Crippen LogP contribution in [0.15, 0.2) is 24.4 Å². The summed E-state index contributed by atoms with van der Waals surface area (Å²) in [5, 5.41) is 14.4. The lowest BCUT2D eigenvalue weighted by Gasteiger charge is -2.24. The Bertz CT molecular complexity index is 1270. The maximum atomic E-state index is 13.9. The maximum Gasteiger partial charge on any atom is 0.258 e. The van der Waals surface area contributed by atoms with Gasteiger partial charge >= 0.3 is 0 Å². The van der Waals surface area contributed by atoms with E-state index in [1.807, 2.05) is 51.0 Å². The van der Waals surface area contributed by atoms with Gasteiger partial charge in [-0.15, -0.1) is 0 Å². The van der Waals surface area contributed by atoms with E-state index >= 15 is 0 Å². The van der Waals surface area contributed by atoms with Gasteiger partial charge in [0, 0.05) is 37.1 Å². The molecule has 3 heterocycles. The van der Waals surface area contributed by atoms with Crippen LogP contribution in [0.4, 0.5) is 5.82 Å². The minimum atomic E-state index is -0.487. The first-order valence-electron chi connectivity index (χ1n) is 10.7. The number of Topliss-reactive ketones (excluding diaryl/α,β-unsaturated/α-hetero) is 1. The largest absolute Gasteiger partial charge is 0.467 e. The molecule has 0 saturated heterocycles. The van der Waals surface area contributed by atoms with Gasteiger partial charge in [-0.05, 0) is 27.9 Å². The second kappa shape index (κ2) is 8.64. The summed E-state index contributed by atoms with van der Waals surface area (Å²) >= 11 is 0. The number of benzene rings is 1. The number of nitrogens with zero attached hydrogens (tertiary/aromatic N) is 6. The van der Waals surface area contributed by atoms with Gasteiger partial charge in [-0.3, -0.25) is 9.48 Å². The Morgan fingerprint density at radius 1 is 1.36 bits per heavy atom. The first-order valence-corrected chi connectivity index (χ1v) is 10.7. The zero-order valence-electron chi connectivity index (χ0n) is 19.5. The summed E-state index contributed by atoms with van der Waals surface area (Å²) in [5.74, 6) is -0.0799. The van der Waals surface area contributed by atoms with Gasteiger partial charge in [-0.25, -0.2) is 9.97 Å². The second-order valence-corrected chi connectivity index (χ2v) is 8.73. The minimum absolute atomic E-state index is 0.00699. The fourth-order valence-electron chi connectivity index (χ4n) is 4.32. The number of nitrogen functional groups attached to an aromatic ring is 1. The van der Waals surface area contributed by atoms with Crippen molar-refractivity contribution in [2.45, 2.75) is 26.4 Å². The Morgan fingerprint density at radius 3 is 2.82 bits per heavy atom. The molecule has 33 heavy (non-hydrogen) atoms. The number of fused-ring (bicyclic) bond motifs is 5. The highest BCUT2D eigenvalue weighted by molar-refractivity contribution is 6.00. The lowest BCUT2D eigenvalue weighted by molar-refractivity contribution is 0.0890. The Kier molecular flexibility index (Phi) is 5.87. The average Bonchev–Trinajstić information content (AvgIpc) is 3.08. The monoisotopic (exact) mass is 445 g/mol. The van der Waals surface area contributed by atoms with Gasteiger partial charge in [0.1, 0.15) is 17.9 Å². The molecule has 2 bridgehead atoms. The summed E-state index contributed by atoms with van der Waals surface area (Å²) in [4.78, 5) is 24.7. The van der Waals surface area contributed by atoms with Crippen LogP contribution in [-0.4, -0.2) is 51.1 Å². The quantitative estimate of drug-likeness (QED) is 0.639.